The lowest BCUT2D eigenvalue weighted by molar-refractivity contribution is -0.686. The monoisotopic (exact) mass is 367 g/mol. The molecule has 0 aliphatic heterocycles. The Kier molecular flexibility index (Phi) is 8.54. The number of nitrogens with zero attached hydrogens (tertiary/aromatic N) is 1. The van der Waals surface area contributed by atoms with Crippen LogP contribution in [0.1, 0.15) is 12.5 Å². The average molecular weight is 368 g/mol. The first-order chi connectivity index (χ1) is 8.90. The fraction of sp³-hybridized carbons (Fsp3) is 0.455. The van der Waals surface area contributed by atoms with Crippen molar-refractivity contribution in [3.8, 4) is 0 Å². The van der Waals surface area contributed by atoms with E-state index in [1.807, 2.05) is 6.07 Å². The van der Waals surface area contributed by atoms with Crippen LogP contribution in [0.2, 0.25) is 0 Å². The van der Waals surface area contributed by atoms with Crippen molar-refractivity contribution >= 4 is 16.0 Å². The van der Waals surface area contributed by atoms with E-state index in [-0.39, 0.29) is 29.5 Å². The van der Waals surface area contributed by atoms with Crippen molar-refractivity contribution in [1.82, 2.24) is 10.3 Å². The van der Waals surface area contributed by atoms with Crippen molar-refractivity contribution < 1.29 is 39.5 Å². The van der Waals surface area contributed by atoms with Crippen LogP contribution in [-0.2, 0) is 32.6 Å². The molecule has 1 aromatic rings. The first kappa shape index (κ1) is 19.0. The van der Waals surface area contributed by atoms with Gasteiger partial charge in [-0.2, -0.15) is 9.40 Å². The molecule has 1 heterocycles. The fourth-order valence-electron chi connectivity index (χ4n) is 1.40. The summed E-state index contributed by atoms with van der Waals surface area (Å²) < 4.78 is 28.3. The largest absolute Gasteiger partial charge is 1.00 e. The highest BCUT2D eigenvalue weighted by molar-refractivity contribution is 7.88. The maximum absolute atomic E-state index is 11.3. The molecule has 0 atom stereocenters. The maximum atomic E-state index is 11.3. The van der Waals surface area contributed by atoms with Crippen molar-refractivity contribution in [2.75, 3.05) is 12.9 Å². The predicted octanol–water partition coefficient (Wildman–Crippen LogP) is -3.90. The third-order valence-corrected chi connectivity index (χ3v) is 2.60. The van der Waals surface area contributed by atoms with Crippen LogP contribution in [0.15, 0.2) is 24.5 Å². The number of aromatic nitrogens is 1. The van der Waals surface area contributed by atoms with Gasteiger partial charge in [0.1, 0.15) is 0 Å². The lowest BCUT2D eigenvalue weighted by Crippen LogP contribution is -3.00. The lowest BCUT2D eigenvalue weighted by Gasteiger charge is -2.04. The molecule has 0 aliphatic rings. The summed E-state index contributed by atoms with van der Waals surface area (Å²) in [7, 11) is -3.27. The van der Waals surface area contributed by atoms with Crippen molar-refractivity contribution in [3.05, 3.63) is 30.1 Å². The Morgan fingerprint density at radius 3 is 2.75 bits per heavy atom. The minimum Gasteiger partial charge on any atom is -1.00 e. The van der Waals surface area contributed by atoms with Crippen molar-refractivity contribution in [2.45, 2.75) is 20.0 Å². The summed E-state index contributed by atoms with van der Waals surface area (Å²) >= 11 is 0. The van der Waals surface area contributed by atoms with Crippen molar-refractivity contribution in [1.29, 1.82) is 0 Å². The second-order valence-corrected chi connectivity index (χ2v) is 5.67. The van der Waals surface area contributed by atoms with Crippen molar-refractivity contribution in [3.63, 3.8) is 0 Å². The Morgan fingerprint density at radius 1 is 1.45 bits per heavy atom. The van der Waals surface area contributed by atoms with Gasteiger partial charge >= 0.3 is 5.97 Å². The summed E-state index contributed by atoms with van der Waals surface area (Å²) in [6.07, 6.45) is 4.55. The van der Waals surface area contributed by atoms with Crippen LogP contribution in [0.5, 0.6) is 0 Å². The van der Waals surface area contributed by atoms with Gasteiger partial charge in [-0.15, -0.1) is 0 Å². The molecular weight excluding hydrogens is 350 g/mol. The van der Waals surface area contributed by atoms with Crippen molar-refractivity contribution in [2.24, 2.45) is 0 Å². The van der Waals surface area contributed by atoms with Crippen LogP contribution in [0.3, 0.4) is 0 Å². The molecule has 0 radical (unpaired) electrons. The summed E-state index contributed by atoms with van der Waals surface area (Å²) in [6.45, 7) is 2.54. The van der Waals surface area contributed by atoms with E-state index in [2.05, 4.69) is 10.3 Å². The number of hydrogen-bond acceptors (Lipinski definition) is 5. The third-order valence-electron chi connectivity index (χ3n) is 2.09. The van der Waals surface area contributed by atoms with Gasteiger partial charge in [0.2, 0.25) is 16.6 Å². The quantitative estimate of drug-likeness (QED) is 0.292. The topological polar surface area (TPSA) is 88.4 Å². The standard InChI is InChI=1S/C11H18N3O4S.BrH/c1-3-18-11(15)9-14-6-4-5-10(8-14)7-12-13-19(2,16)17;/h4-6,8,12-13H,3,7,9H2,1-2H3;1H/q+1;/p-1. The molecule has 114 valence electrons. The highest BCUT2D eigenvalue weighted by Gasteiger charge is 2.10. The van der Waals surface area contributed by atoms with Crippen LogP contribution in [0, 0.1) is 0 Å². The van der Waals surface area contributed by atoms with E-state index in [9.17, 15) is 13.2 Å². The van der Waals surface area contributed by atoms with Crippen LogP contribution in [0.4, 0.5) is 0 Å². The second-order valence-electron chi connectivity index (χ2n) is 3.92. The van der Waals surface area contributed by atoms with Gasteiger partial charge < -0.3 is 21.7 Å². The summed E-state index contributed by atoms with van der Waals surface area (Å²) in [5.74, 6) is -0.313. The second kappa shape index (κ2) is 9.01. The number of carbonyl (C=O) groups is 1. The highest BCUT2D eigenvalue weighted by Crippen LogP contribution is 1.93. The van der Waals surface area contributed by atoms with Crippen LogP contribution >= 0.6 is 0 Å². The molecule has 0 saturated carbocycles. The number of nitrogens with one attached hydrogen (secondary N) is 2. The van der Waals surface area contributed by atoms with Crippen LogP contribution in [0.25, 0.3) is 0 Å². The number of rotatable bonds is 7. The average Bonchev–Trinajstić information content (AvgIpc) is 2.28. The molecule has 0 aromatic carbocycles. The van der Waals surface area contributed by atoms with E-state index in [0.29, 0.717) is 13.2 Å². The Hall–Kier alpha value is -1.03. The predicted molar refractivity (Wildman–Crippen MR) is 68.1 cm³/mol. The third kappa shape index (κ3) is 8.20. The summed E-state index contributed by atoms with van der Waals surface area (Å²) in [5, 5.41) is 0. The Labute approximate surface area is 129 Å². The summed E-state index contributed by atoms with van der Waals surface area (Å²) in [4.78, 5) is 13.5. The van der Waals surface area contributed by atoms with Crippen LogP contribution in [-0.4, -0.2) is 27.2 Å². The van der Waals surface area contributed by atoms with Gasteiger partial charge in [0, 0.05) is 18.2 Å². The lowest BCUT2D eigenvalue weighted by atomic mass is 10.3. The molecule has 0 bridgehead atoms. The smallest absolute Gasteiger partial charge is 0.372 e. The molecule has 1 aromatic heterocycles. The Morgan fingerprint density at radius 2 is 2.15 bits per heavy atom. The molecule has 0 saturated heterocycles. The number of sulfonamides is 1. The van der Waals surface area contributed by atoms with E-state index >= 15 is 0 Å². The zero-order valence-corrected chi connectivity index (χ0v) is 13.7. The molecule has 20 heavy (non-hydrogen) atoms. The number of hydrazine groups is 1. The molecule has 0 spiro atoms. The van der Waals surface area contributed by atoms with E-state index in [1.165, 1.54) is 0 Å². The first-order valence-electron chi connectivity index (χ1n) is 5.74. The minimum atomic E-state index is -3.27. The Balaban J connectivity index is 0.00000361. The molecule has 0 aliphatic carbocycles. The first-order valence-corrected chi connectivity index (χ1v) is 7.63. The highest BCUT2D eigenvalue weighted by atomic mass is 79.9. The molecule has 7 nitrogen and oxygen atoms in total. The van der Waals surface area contributed by atoms with Gasteiger partial charge in [-0.25, -0.2) is 18.6 Å². The van der Waals surface area contributed by atoms with Gasteiger partial charge in [-0.05, 0) is 13.0 Å². The minimum absolute atomic E-state index is 0. The zero-order chi connectivity index (χ0) is 14.3. The maximum Gasteiger partial charge on any atom is 0.372 e. The number of halogens is 1. The van der Waals surface area contributed by atoms with E-state index in [4.69, 9.17) is 4.74 Å². The van der Waals surface area contributed by atoms with Gasteiger partial charge in [-0.1, -0.05) is 0 Å². The summed E-state index contributed by atoms with van der Waals surface area (Å²) in [6, 6.07) is 3.59. The van der Waals surface area contributed by atoms with E-state index in [0.717, 1.165) is 11.8 Å². The van der Waals surface area contributed by atoms with Gasteiger partial charge in [-0.3, -0.25) is 0 Å². The molecule has 0 unspecified atom stereocenters. The van der Waals surface area contributed by atoms with Gasteiger partial charge in [0.25, 0.3) is 0 Å². The number of hydrogen-bond donors (Lipinski definition) is 2. The van der Waals surface area contributed by atoms with Gasteiger partial charge in [0.15, 0.2) is 12.4 Å². The number of esters is 1. The molecule has 0 amide bonds. The molecule has 9 heteroatoms. The van der Waals surface area contributed by atoms with E-state index in [1.54, 1.807) is 30.0 Å². The molecule has 0 fully saturated rings. The number of pyridine rings is 1. The Bertz CT molecular complexity index is 536. The molecule has 2 N–H and O–H groups in total. The number of ether oxygens (including phenoxy) is 1. The molecule has 1 rings (SSSR count). The SMILES string of the molecule is CCOC(=O)C[n+]1cccc(CNNS(C)(=O)=O)c1.[Br-]. The van der Waals surface area contributed by atoms with E-state index < -0.39 is 10.0 Å². The van der Waals surface area contributed by atoms with Gasteiger partial charge in [0.05, 0.1) is 12.9 Å². The number of carbonyl (C=O) groups excluding carboxylic acids is 1. The zero-order valence-electron chi connectivity index (χ0n) is 11.3. The van der Waals surface area contributed by atoms with Crippen LogP contribution < -0.4 is 31.8 Å². The fourth-order valence-corrected chi connectivity index (χ4v) is 1.74. The molecular formula is C11H18BrN3O4S. The normalized spacial score (nSPS) is 10.7. The summed E-state index contributed by atoms with van der Waals surface area (Å²) in [5.41, 5.74) is 3.42.